The summed E-state index contributed by atoms with van der Waals surface area (Å²) < 4.78 is 22.9. The molecule has 0 aromatic heterocycles. The van der Waals surface area contributed by atoms with Crippen LogP contribution in [-0.2, 0) is 32.2 Å². The highest BCUT2D eigenvalue weighted by atomic mass is 16.6. The first-order valence-corrected chi connectivity index (χ1v) is 8.38. The quantitative estimate of drug-likeness (QED) is 0.663. The summed E-state index contributed by atoms with van der Waals surface area (Å²) in [5.74, 6) is 0. The van der Waals surface area contributed by atoms with Gasteiger partial charge in [-0.25, -0.2) is 0 Å². The van der Waals surface area contributed by atoms with Crippen molar-refractivity contribution < 1.29 is 18.9 Å². The second-order valence-corrected chi connectivity index (χ2v) is 5.82. The van der Waals surface area contributed by atoms with E-state index in [9.17, 15) is 0 Å². The van der Waals surface area contributed by atoms with Crippen LogP contribution in [0.3, 0.4) is 0 Å². The van der Waals surface area contributed by atoms with Crippen LogP contribution in [0.15, 0.2) is 60.7 Å². The van der Waals surface area contributed by atoms with Gasteiger partial charge in [0.15, 0.2) is 0 Å². The van der Waals surface area contributed by atoms with Gasteiger partial charge in [-0.05, 0) is 11.1 Å². The van der Waals surface area contributed by atoms with E-state index >= 15 is 0 Å². The second kappa shape index (κ2) is 9.55. The van der Waals surface area contributed by atoms with E-state index in [4.69, 9.17) is 18.9 Å². The van der Waals surface area contributed by atoms with Gasteiger partial charge in [-0.3, -0.25) is 0 Å². The fourth-order valence-corrected chi connectivity index (χ4v) is 2.63. The van der Waals surface area contributed by atoms with Gasteiger partial charge in [-0.2, -0.15) is 0 Å². The normalized spacial score (nSPS) is 20.3. The molecule has 0 bridgehead atoms. The average Bonchev–Trinajstić information content (AvgIpc) is 3.09. The number of hydrogen-bond acceptors (Lipinski definition) is 4. The molecule has 1 unspecified atom stereocenters. The van der Waals surface area contributed by atoms with Crippen molar-refractivity contribution in [1.29, 1.82) is 0 Å². The zero-order valence-electron chi connectivity index (χ0n) is 13.8. The van der Waals surface area contributed by atoms with Crippen molar-refractivity contribution in [1.82, 2.24) is 0 Å². The molecule has 24 heavy (non-hydrogen) atoms. The molecule has 0 saturated carbocycles. The Morgan fingerprint density at radius 3 is 1.96 bits per heavy atom. The largest absolute Gasteiger partial charge is 0.376 e. The van der Waals surface area contributed by atoms with Crippen LogP contribution < -0.4 is 0 Å². The molecule has 3 rings (SSSR count). The molecule has 0 amide bonds. The Morgan fingerprint density at radius 2 is 1.29 bits per heavy atom. The van der Waals surface area contributed by atoms with Crippen molar-refractivity contribution in [2.45, 2.75) is 25.4 Å². The molecular weight excluding hydrogens is 304 g/mol. The summed E-state index contributed by atoms with van der Waals surface area (Å²) in [7, 11) is 0. The standard InChI is InChI=1S/C20H24O4/c1-3-7-17(8-4-1)13-21-11-12-23-19-15-22-16-20(19)24-14-18-9-5-2-6-10-18/h1-10,19-20H,11-16H2/t19-,20?/m0/s1. The Labute approximate surface area is 143 Å². The Balaban J connectivity index is 1.32. The smallest absolute Gasteiger partial charge is 0.110 e. The van der Waals surface area contributed by atoms with Gasteiger partial charge >= 0.3 is 0 Å². The van der Waals surface area contributed by atoms with Gasteiger partial charge in [-0.1, -0.05) is 60.7 Å². The maximum Gasteiger partial charge on any atom is 0.110 e. The van der Waals surface area contributed by atoms with Gasteiger partial charge in [0.05, 0.1) is 39.6 Å². The zero-order valence-corrected chi connectivity index (χ0v) is 13.8. The van der Waals surface area contributed by atoms with Gasteiger partial charge in [-0.15, -0.1) is 0 Å². The third-order valence-electron chi connectivity index (χ3n) is 3.96. The lowest BCUT2D eigenvalue weighted by Crippen LogP contribution is -2.31. The first-order valence-electron chi connectivity index (χ1n) is 8.38. The maximum absolute atomic E-state index is 5.94. The number of rotatable bonds is 9. The van der Waals surface area contributed by atoms with Crippen molar-refractivity contribution in [2.75, 3.05) is 26.4 Å². The first kappa shape index (κ1) is 17.1. The fraction of sp³-hybridized carbons (Fsp3) is 0.400. The van der Waals surface area contributed by atoms with Crippen LogP contribution in [0, 0.1) is 0 Å². The van der Waals surface area contributed by atoms with Crippen LogP contribution in [-0.4, -0.2) is 38.6 Å². The monoisotopic (exact) mass is 328 g/mol. The van der Waals surface area contributed by atoms with E-state index in [0.717, 1.165) is 5.56 Å². The summed E-state index contributed by atoms with van der Waals surface area (Å²) in [4.78, 5) is 0. The number of ether oxygens (including phenoxy) is 4. The fourth-order valence-electron chi connectivity index (χ4n) is 2.63. The van der Waals surface area contributed by atoms with Gasteiger partial charge in [0, 0.05) is 0 Å². The summed E-state index contributed by atoms with van der Waals surface area (Å²) in [6, 6.07) is 20.3. The molecule has 4 nitrogen and oxygen atoms in total. The van der Waals surface area contributed by atoms with Gasteiger partial charge < -0.3 is 18.9 Å². The lowest BCUT2D eigenvalue weighted by atomic mass is 10.2. The third-order valence-corrected chi connectivity index (χ3v) is 3.96. The van der Waals surface area contributed by atoms with Crippen molar-refractivity contribution in [3.63, 3.8) is 0 Å². The minimum absolute atomic E-state index is 0.0145. The van der Waals surface area contributed by atoms with Crippen LogP contribution in [0.4, 0.5) is 0 Å². The maximum atomic E-state index is 5.94. The van der Waals surface area contributed by atoms with Crippen molar-refractivity contribution in [2.24, 2.45) is 0 Å². The molecule has 2 aromatic rings. The molecule has 1 fully saturated rings. The SMILES string of the molecule is c1ccc(COCCO[C@H]2COCC2OCc2ccccc2)cc1. The van der Waals surface area contributed by atoms with Crippen molar-refractivity contribution >= 4 is 0 Å². The van der Waals surface area contributed by atoms with E-state index in [1.54, 1.807) is 0 Å². The Bertz CT molecular complexity index is 573. The van der Waals surface area contributed by atoms with Gasteiger partial charge in [0.2, 0.25) is 0 Å². The first-order chi connectivity index (χ1) is 11.9. The van der Waals surface area contributed by atoms with E-state index in [1.165, 1.54) is 5.56 Å². The summed E-state index contributed by atoms with van der Waals surface area (Å²) in [6.45, 7) is 3.47. The van der Waals surface area contributed by atoms with Crippen LogP contribution >= 0.6 is 0 Å². The summed E-state index contributed by atoms with van der Waals surface area (Å²) >= 11 is 0. The van der Waals surface area contributed by atoms with Crippen LogP contribution in [0.2, 0.25) is 0 Å². The molecule has 1 saturated heterocycles. The molecule has 2 atom stereocenters. The molecule has 0 aliphatic carbocycles. The van der Waals surface area contributed by atoms with E-state index in [1.807, 2.05) is 36.4 Å². The summed E-state index contributed by atoms with van der Waals surface area (Å²) in [6.07, 6.45) is -0.0339. The third kappa shape index (κ3) is 5.42. The van der Waals surface area contributed by atoms with Crippen molar-refractivity contribution in [3.05, 3.63) is 71.8 Å². The molecule has 1 aliphatic heterocycles. The van der Waals surface area contributed by atoms with E-state index in [0.29, 0.717) is 39.6 Å². The summed E-state index contributed by atoms with van der Waals surface area (Å²) in [5, 5.41) is 0. The average molecular weight is 328 g/mol. The number of benzene rings is 2. The Morgan fingerprint density at radius 1 is 0.708 bits per heavy atom. The molecule has 0 radical (unpaired) electrons. The van der Waals surface area contributed by atoms with E-state index in [-0.39, 0.29) is 12.2 Å². The van der Waals surface area contributed by atoms with Crippen molar-refractivity contribution in [3.8, 4) is 0 Å². The number of hydrogen-bond donors (Lipinski definition) is 0. The van der Waals surface area contributed by atoms with Crippen LogP contribution in [0.5, 0.6) is 0 Å². The molecule has 0 N–H and O–H groups in total. The molecular formula is C20H24O4. The lowest BCUT2D eigenvalue weighted by Gasteiger charge is -2.19. The highest BCUT2D eigenvalue weighted by Gasteiger charge is 2.29. The van der Waals surface area contributed by atoms with Crippen LogP contribution in [0.25, 0.3) is 0 Å². The second-order valence-electron chi connectivity index (χ2n) is 5.82. The Hall–Kier alpha value is -1.72. The molecule has 128 valence electrons. The van der Waals surface area contributed by atoms with Gasteiger partial charge in [0.1, 0.15) is 12.2 Å². The van der Waals surface area contributed by atoms with Gasteiger partial charge in [0.25, 0.3) is 0 Å². The minimum atomic E-state index is -0.0194. The zero-order chi connectivity index (χ0) is 16.5. The van der Waals surface area contributed by atoms with Crippen LogP contribution in [0.1, 0.15) is 11.1 Å². The predicted octanol–water partition coefficient (Wildman–Crippen LogP) is 3.20. The molecule has 1 aliphatic rings. The topological polar surface area (TPSA) is 36.9 Å². The molecule has 2 aromatic carbocycles. The molecule has 4 heteroatoms. The van der Waals surface area contributed by atoms with E-state index < -0.39 is 0 Å². The predicted molar refractivity (Wildman–Crippen MR) is 91.7 cm³/mol. The molecule has 1 heterocycles. The summed E-state index contributed by atoms with van der Waals surface area (Å²) in [5.41, 5.74) is 2.33. The molecule has 0 spiro atoms. The lowest BCUT2D eigenvalue weighted by molar-refractivity contribution is -0.0672. The van der Waals surface area contributed by atoms with E-state index in [2.05, 4.69) is 24.3 Å². The Kier molecular flexibility index (Phi) is 6.81. The highest BCUT2D eigenvalue weighted by Crippen LogP contribution is 2.15. The minimum Gasteiger partial charge on any atom is -0.376 e. The highest BCUT2D eigenvalue weighted by molar-refractivity contribution is 5.14.